The van der Waals surface area contributed by atoms with Gasteiger partial charge in [0.05, 0.1) is 0 Å². The summed E-state index contributed by atoms with van der Waals surface area (Å²) in [4.78, 5) is 3.77. The van der Waals surface area contributed by atoms with Crippen LogP contribution < -0.4 is 10.1 Å². The molecule has 0 aliphatic carbocycles. The van der Waals surface area contributed by atoms with Gasteiger partial charge in [-0.3, -0.25) is 4.90 Å². The van der Waals surface area contributed by atoms with E-state index in [1.54, 1.807) is 17.8 Å². The van der Waals surface area contributed by atoms with Crippen LogP contribution in [0.3, 0.4) is 0 Å². The highest BCUT2D eigenvalue weighted by Gasteiger charge is 2.56. The fraction of sp³-hybridized carbons (Fsp3) is 0.419. The van der Waals surface area contributed by atoms with Gasteiger partial charge in [-0.1, -0.05) is 60.7 Å². The van der Waals surface area contributed by atoms with Crippen LogP contribution in [0.1, 0.15) is 48.3 Å². The smallest absolute Gasteiger partial charge is 0.406 e. The maximum absolute atomic E-state index is 12.9. The van der Waals surface area contributed by atoms with Gasteiger partial charge in [-0.2, -0.15) is 0 Å². The summed E-state index contributed by atoms with van der Waals surface area (Å²) in [5.74, 6) is 0.591. The number of ether oxygens (including phenoxy) is 1. The lowest BCUT2D eigenvalue weighted by Crippen LogP contribution is -2.68. The van der Waals surface area contributed by atoms with Crippen LogP contribution in [0.25, 0.3) is 0 Å². The lowest BCUT2D eigenvalue weighted by molar-refractivity contribution is -0.274. The quantitative estimate of drug-likeness (QED) is 0.306. The molecule has 4 bridgehead atoms. The third kappa shape index (κ3) is 5.08. The Morgan fingerprint density at radius 1 is 0.921 bits per heavy atom. The van der Waals surface area contributed by atoms with E-state index in [2.05, 4.69) is 75.6 Å². The molecule has 7 rings (SSSR count). The Balaban J connectivity index is 1.35. The number of piperidine rings is 3. The van der Waals surface area contributed by atoms with Gasteiger partial charge in [0, 0.05) is 41.5 Å². The van der Waals surface area contributed by atoms with Crippen LogP contribution >= 0.6 is 11.8 Å². The van der Waals surface area contributed by atoms with Gasteiger partial charge < -0.3 is 10.1 Å². The van der Waals surface area contributed by atoms with Gasteiger partial charge in [-0.15, -0.1) is 24.9 Å². The molecule has 4 saturated heterocycles. The number of thioether (sulfide) groups is 1. The molecule has 0 radical (unpaired) electrons. The molecule has 7 heteroatoms. The van der Waals surface area contributed by atoms with E-state index in [9.17, 15) is 13.2 Å². The van der Waals surface area contributed by atoms with E-state index in [4.69, 9.17) is 0 Å². The zero-order valence-corrected chi connectivity index (χ0v) is 22.2. The lowest BCUT2D eigenvalue weighted by Gasteiger charge is -2.58. The summed E-state index contributed by atoms with van der Waals surface area (Å²) >= 11 is 1.55. The number of nitrogens with one attached hydrogen (secondary N) is 1. The molecular formula is C31H33F3N2OS. The fourth-order valence-electron chi connectivity index (χ4n) is 7.39. The number of alkyl halides is 3. The normalized spacial score (nSPS) is 28.1. The molecule has 1 N–H and O–H groups in total. The largest absolute Gasteiger partial charge is 0.573 e. The highest BCUT2D eigenvalue weighted by atomic mass is 32.2. The molecule has 3 aromatic rings. The van der Waals surface area contributed by atoms with Gasteiger partial charge in [0.2, 0.25) is 0 Å². The second-order valence-electron chi connectivity index (χ2n) is 10.8. The fourth-order valence-corrected chi connectivity index (χ4v) is 7.99. The first-order valence-corrected chi connectivity index (χ1v) is 14.7. The van der Waals surface area contributed by atoms with E-state index >= 15 is 0 Å². The van der Waals surface area contributed by atoms with Crippen molar-refractivity contribution < 1.29 is 17.9 Å². The highest BCUT2D eigenvalue weighted by Crippen LogP contribution is 2.52. The van der Waals surface area contributed by atoms with Crippen molar-refractivity contribution in [1.82, 2.24) is 10.2 Å². The van der Waals surface area contributed by atoms with Gasteiger partial charge in [-0.05, 0) is 72.7 Å². The molecule has 4 aliphatic rings. The Morgan fingerprint density at radius 2 is 1.53 bits per heavy atom. The molecule has 3 aromatic carbocycles. The number of nitrogens with zero attached hydrogens (tertiary/aromatic N) is 1. The van der Waals surface area contributed by atoms with Crippen molar-refractivity contribution in [3.63, 3.8) is 0 Å². The number of hydrogen-bond donors (Lipinski definition) is 1. The Labute approximate surface area is 226 Å². The van der Waals surface area contributed by atoms with E-state index < -0.39 is 6.36 Å². The van der Waals surface area contributed by atoms with E-state index in [-0.39, 0.29) is 23.8 Å². The molecule has 0 aromatic heterocycles. The second-order valence-corrected chi connectivity index (χ2v) is 11.6. The summed E-state index contributed by atoms with van der Waals surface area (Å²) < 4.78 is 43.0. The summed E-state index contributed by atoms with van der Waals surface area (Å²) in [5, 5.41) is 3.88. The van der Waals surface area contributed by atoms with Crippen LogP contribution in [-0.4, -0.2) is 41.7 Å². The summed E-state index contributed by atoms with van der Waals surface area (Å²) in [6.45, 7) is 0.502. The molecule has 4 heterocycles. The molecule has 3 nitrogen and oxygen atoms in total. The summed E-state index contributed by atoms with van der Waals surface area (Å²) in [7, 11) is 0. The predicted octanol–water partition coefficient (Wildman–Crippen LogP) is 7.22. The van der Waals surface area contributed by atoms with Crippen molar-refractivity contribution in [1.29, 1.82) is 0 Å². The number of rotatable bonds is 8. The lowest BCUT2D eigenvalue weighted by atomic mass is 9.68. The standard InChI is InChI=1S/C31H33F3N2OS/c1-38-27-15-14-26(37-31(32,33)34)18-23(27)19-35-29-22-16-24-12-13-25(17-22)36(24)30(29)28(20-8-4-2-5-9-20)21-10-6-3-7-11-21/h2-11,14-15,18,22,24-25,28-30,35H,12-13,16-17,19H2,1H3. The van der Waals surface area contributed by atoms with Gasteiger partial charge in [0.15, 0.2) is 0 Å². The van der Waals surface area contributed by atoms with Gasteiger partial charge in [0.25, 0.3) is 0 Å². The Kier molecular flexibility index (Phi) is 7.18. The molecule has 0 saturated carbocycles. The van der Waals surface area contributed by atoms with Crippen molar-refractivity contribution in [2.45, 2.75) is 73.6 Å². The van der Waals surface area contributed by atoms with Gasteiger partial charge in [-0.25, -0.2) is 0 Å². The molecule has 0 spiro atoms. The van der Waals surface area contributed by atoms with Crippen molar-refractivity contribution in [3.8, 4) is 5.75 Å². The Hall–Kier alpha value is -2.48. The molecule has 4 aliphatic heterocycles. The first-order chi connectivity index (χ1) is 18.4. The first kappa shape index (κ1) is 25.8. The third-order valence-corrected chi connectivity index (χ3v) is 9.56. The van der Waals surface area contributed by atoms with E-state index in [1.807, 2.05) is 6.26 Å². The average molecular weight is 539 g/mol. The third-order valence-electron chi connectivity index (χ3n) is 8.72. The Bertz CT molecular complexity index is 1190. The van der Waals surface area contributed by atoms with Crippen molar-refractivity contribution in [3.05, 3.63) is 95.6 Å². The van der Waals surface area contributed by atoms with Crippen LogP contribution in [0.2, 0.25) is 0 Å². The molecular weight excluding hydrogens is 505 g/mol. The SMILES string of the molecule is CSc1ccc(OC(F)(F)F)cc1CNC1C2CC3CCC(C2)N3C1C(c1ccccc1)c1ccccc1. The van der Waals surface area contributed by atoms with Crippen LogP contribution in [-0.2, 0) is 6.54 Å². The molecule has 0 amide bonds. The zero-order valence-electron chi connectivity index (χ0n) is 21.4. The van der Waals surface area contributed by atoms with E-state index in [0.717, 1.165) is 10.5 Å². The molecule has 4 fully saturated rings. The van der Waals surface area contributed by atoms with E-state index in [1.165, 1.54) is 48.9 Å². The maximum Gasteiger partial charge on any atom is 0.573 e. The summed E-state index contributed by atoms with van der Waals surface area (Å²) in [5.41, 5.74) is 3.47. The summed E-state index contributed by atoms with van der Waals surface area (Å²) in [6, 6.07) is 28.0. The van der Waals surface area contributed by atoms with Crippen LogP contribution in [0.5, 0.6) is 5.75 Å². The number of fused-ring (bicyclic) bond motifs is 1. The minimum absolute atomic E-state index is 0.165. The predicted molar refractivity (Wildman–Crippen MR) is 145 cm³/mol. The summed E-state index contributed by atoms with van der Waals surface area (Å²) in [6.07, 6.45) is 2.15. The van der Waals surface area contributed by atoms with Crippen molar-refractivity contribution in [2.75, 3.05) is 6.26 Å². The monoisotopic (exact) mass is 538 g/mol. The van der Waals surface area contributed by atoms with Gasteiger partial charge in [0.1, 0.15) is 5.75 Å². The Morgan fingerprint density at radius 3 is 2.08 bits per heavy atom. The van der Waals surface area contributed by atoms with Crippen LogP contribution in [0.15, 0.2) is 83.8 Å². The van der Waals surface area contributed by atoms with Crippen molar-refractivity contribution >= 4 is 11.8 Å². The average Bonchev–Trinajstić information content (AvgIpc) is 3.20. The second kappa shape index (κ2) is 10.6. The zero-order chi connectivity index (χ0) is 26.3. The molecule has 200 valence electrons. The van der Waals surface area contributed by atoms with Crippen LogP contribution in [0.4, 0.5) is 13.2 Å². The number of halogens is 3. The topological polar surface area (TPSA) is 24.5 Å². The first-order valence-electron chi connectivity index (χ1n) is 13.4. The van der Waals surface area contributed by atoms with E-state index in [0.29, 0.717) is 24.5 Å². The molecule has 4 unspecified atom stereocenters. The molecule has 38 heavy (non-hydrogen) atoms. The number of hydrogen-bond acceptors (Lipinski definition) is 4. The maximum atomic E-state index is 12.9. The highest BCUT2D eigenvalue weighted by molar-refractivity contribution is 7.98. The van der Waals surface area contributed by atoms with Crippen LogP contribution in [0, 0.1) is 5.92 Å². The van der Waals surface area contributed by atoms with Crippen molar-refractivity contribution in [2.24, 2.45) is 5.92 Å². The van der Waals surface area contributed by atoms with Gasteiger partial charge >= 0.3 is 6.36 Å². The molecule has 4 atom stereocenters. The number of benzene rings is 3. The minimum Gasteiger partial charge on any atom is -0.406 e. The minimum atomic E-state index is -4.70.